The van der Waals surface area contributed by atoms with Crippen LogP contribution in [0.4, 0.5) is 11.9 Å². The first-order chi connectivity index (χ1) is 10.1. The zero-order valence-electron chi connectivity index (χ0n) is 12.9. The molecule has 21 heavy (non-hydrogen) atoms. The number of aryl methyl sites for hydroxylation is 3. The SMILES string of the molecule is CCC(CCc1ccc(C)cc1)Nc1nc(C)nc(N)n1. The van der Waals surface area contributed by atoms with Gasteiger partial charge in [-0.1, -0.05) is 36.8 Å². The molecule has 1 atom stereocenters. The second-order valence-electron chi connectivity index (χ2n) is 5.34. The second-order valence-corrected chi connectivity index (χ2v) is 5.34. The molecule has 0 bridgehead atoms. The lowest BCUT2D eigenvalue weighted by Gasteiger charge is -2.17. The molecule has 1 heterocycles. The van der Waals surface area contributed by atoms with Gasteiger partial charge < -0.3 is 11.1 Å². The lowest BCUT2D eigenvalue weighted by Crippen LogP contribution is -2.21. The van der Waals surface area contributed by atoms with E-state index in [4.69, 9.17) is 5.73 Å². The molecular formula is C16H23N5. The van der Waals surface area contributed by atoms with Gasteiger partial charge in [0.05, 0.1) is 0 Å². The van der Waals surface area contributed by atoms with Gasteiger partial charge >= 0.3 is 0 Å². The van der Waals surface area contributed by atoms with Gasteiger partial charge in [0.15, 0.2) is 0 Å². The van der Waals surface area contributed by atoms with Crippen LogP contribution >= 0.6 is 0 Å². The van der Waals surface area contributed by atoms with Gasteiger partial charge in [0.25, 0.3) is 0 Å². The molecular weight excluding hydrogens is 262 g/mol. The third-order valence-electron chi connectivity index (χ3n) is 3.49. The molecule has 112 valence electrons. The van der Waals surface area contributed by atoms with E-state index in [-0.39, 0.29) is 5.95 Å². The lowest BCUT2D eigenvalue weighted by atomic mass is 10.0. The highest BCUT2D eigenvalue weighted by molar-refractivity contribution is 5.32. The molecule has 0 aliphatic carbocycles. The number of hydrogen-bond acceptors (Lipinski definition) is 5. The highest BCUT2D eigenvalue weighted by Gasteiger charge is 2.09. The Bertz CT molecular complexity index is 559. The molecule has 1 aromatic heterocycles. The van der Waals surface area contributed by atoms with Crippen molar-refractivity contribution in [3.8, 4) is 0 Å². The van der Waals surface area contributed by atoms with Crippen molar-refractivity contribution in [3.05, 3.63) is 41.2 Å². The minimum atomic E-state index is 0.262. The predicted molar refractivity (Wildman–Crippen MR) is 86.2 cm³/mol. The summed E-state index contributed by atoms with van der Waals surface area (Å²) in [5.41, 5.74) is 8.30. The molecule has 0 aliphatic rings. The molecule has 1 aromatic carbocycles. The molecule has 0 amide bonds. The molecule has 0 radical (unpaired) electrons. The van der Waals surface area contributed by atoms with E-state index in [0.717, 1.165) is 19.3 Å². The zero-order valence-corrected chi connectivity index (χ0v) is 12.9. The highest BCUT2D eigenvalue weighted by Crippen LogP contribution is 2.12. The van der Waals surface area contributed by atoms with Crippen molar-refractivity contribution in [1.82, 2.24) is 15.0 Å². The Balaban J connectivity index is 1.95. The van der Waals surface area contributed by atoms with E-state index < -0.39 is 0 Å². The Hall–Kier alpha value is -2.17. The third-order valence-corrected chi connectivity index (χ3v) is 3.49. The third kappa shape index (κ3) is 4.70. The van der Waals surface area contributed by atoms with Gasteiger partial charge in [0.2, 0.25) is 11.9 Å². The summed E-state index contributed by atoms with van der Waals surface area (Å²) in [5.74, 6) is 1.47. The summed E-state index contributed by atoms with van der Waals surface area (Å²) in [6.07, 6.45) is 3.08. The van der Waals surface area contributed by atoms with Crippen LogP contribution in [0.1, 0.15) is 36.7 Å². The van der Waals surface area contributed by atoms with Crippen LogP contribution in [0.3, 0.4) is 0 Å². The van der Waals surface area contributed by atoms with Gasteiger partial charge in [-0.15, -0.1) is 0 Å². The van der Waals surface area contributed by atoms with Crippen LogP contribution in [0.2, 0.25) is 0 Å². The number of aromatic nitrogens is 3. The van der Waals surface area contributed by atoms with Gasteiger partial charge in [-0.25, -0.2) is 0 Å². The van der Waals surface area contributed by atoms with Crippen LogP contribution in [-0.2, 0) is 6.42 Å². The van der Waals surface area contributed by atoms with E-state index in [0.29, 0.717) is 17.8 Å². The van der Waals surface area contributed by atoms with Crippen LogP contribution < -0.4 is 11.1 Å². The Labute approximate surface area is 126 Å². The minimum absolute atomic E-state index is 0.262. The maximum absolute atomic E-state index is 5.65. The summed E-state index contributed by atoms with van der Waals surface area (Å²) >= 11 is 0. The summed E-state index contributed by atoms with van der Waals surface area (Å²) in [6.45, 7) is 6.08. The molecule has 0 saturated heterocycles. The molecule has 3 N–H and O–H groups in total. The first kappa shape index (κ1) is 15.2. The van der Waals surface area contributed by atoms with Crippen molar-refractivity contribution < 1.29 is 0 Å². The molecule has 1 unspecified atom stereocenters. The maximum Gasteiger partial charge on any atom is 0.227 e. The van der Waals surface area contributed by atoms with Crippen molar-refractivity contribution in [1.29, 1.82) is 0 Å². The van der Waals surface area contributed by atoms with Crippen LogP contribution in [0.5, 0.6) is 0 Å². The fourth-order valence-electron chi connectivity index (χ4n) is 2.22. The number of nitrogens with one attached hydrogen (secondary N) is 1. The van der Waals surface area contributed by atoms with Crippen LogP contribution in [0.15, 0.2) is 24.3 Å². The summed E-state index contributed by atoms with van der Waals surface area (Å²) in [5, 5.41) is 3.35. The largest absolute Gasteiger partial charge is 0.368 e. The average molecular weight is 285 g/mol. The van der Waals surface area contributed by atoms with Crippen LogP contribution in [0.25, 0.3) is 0 Å². The monoisotopic (exact) mass is 285 g/mol. The van der Waals surface area contributed by atoms with Gasteiger partial charge in [0, 0.05) is 6.04 Å². The topological polar surface area (TPSA) is 76.7 Å². The van der Waals surface area contributed by atoms with E-state index in [9.17, 15) is 0 Å². The number of nitrogens with zero attached hydrogens (tertiary/aromatic N) is 3. The molecule has 5 nitrogen and oxygen atoms in total. The van der Waals surface area contributed by atoms with Crippen molar-refractivity contribution in [3.63, 3.8) is 0 Å². The van der Waals surface area contributed by atoms with Crippen molar-refractivity contribution >= 4 is 11.9 Å². The first-order valence-corrected chi connectivity index (χ1v) is 7.37. The number of nitrogens with two attached hydrogens (primary N) is 1. The van der Waals surface area contributed by atoms with Crippen molar-refractivity contribution in [2.45, 2.75) is 46.1 Å². The highest BCUT2D eigenvalue weighted by atomic mass is 15.2. The fourth-order valence-corrected chi connectivity index (χ4v) is 2.22. The summed E-state index contributed by atoms with van der Waals surface area (Å²) in [7, 11) is 0. The minimum Gasteiger partial charge on any atom is -0.368 e. The smallest absolute Gasteiger partial charge is 0.227 e. The molecule has 2 rings (SSSR count). The van der Waals surface area contributed by atoms with Gasteiger partial charge in [-0.3, -0.25) is 0 Å². The summed E-state index contributed by atoms with van der Waals surface area (Å²) < 4.78 is 0. The Morgan fingerprint density at radius 2 is 1.81 bits per heavy atom. The van der Waals surface area contributed by atoms with Crippen LogP contribution in [0, 0.1) is 13.8 Å². The fraction of sp³-hybridized carbons (Fsp3) is 0.438. The summed E-state index contributed by atoms with van der Waals surface area (Å²) in [4.78, 5) is 12.4. The quantitative estimate of drug-likeness (QED) is 0.853. The Morgan fingerprint density at radius 3 is 2.43 bits per heavy atom. The van der Waals surface area contributed by atoms with Crippen molar-refractivity contribution in [2.75, 3.05) is 11.1 Å². The molecule has 0 fully saturated rings. The molecule has 5 heteroatoms. The molecule has 0 spiro atoms. The Morgan fingerprint density at radius 1 is 1.10 bits per heavy atom. The maximum atomic E-state index is 5.65. The standard InChI is InChI=1S/C16H23N5/c1-4-14(10-9-13-7-5-11(2)6-8-13)20-16-19-12(3)18-15(17)21-16/h5-8,14H,4,9-10H2,1-3H3,(H3,17,18,19,20,21). The number of anilines is 2. The van der Waals surface area contributed by atoms with E-state index in [1.54, 1.807) is 0 Å². The second kappa shape index (κ2) is 7.02. The molecule has 2 aromatic rings. The zero-order chi connectivity index (χ0) is 15.2. The van der Waals surface area contributed by atoms with Gasteiger partial charge in [-0.2, -0.15) is 15.0 Å². The summed E-state index contributed by atoms with van der Waals surface area (Å²) in [6, 6.07) is 9.01. The first-order valence-electron chi connectivity index (χ1n) is 7.37. The van der Waals surface area contributed by atoms with E-state index in [1.807, 2.05) is 6.92 Å². The van der Waals surface area contributed by atoms with Crippen molar-refractivity contribution in [2.24, 2.45) is 0 Å². The number of nitrogen functional groups attached to an aromatic ring is 1. The number of rotatable bonds is 6. The number of benzene rings is 1. The number of hydrogen-bond donors (Lipinski definition) is 2. The normalized spacial score (nSPS) is 12.1. The Kier molecular flexibility index (Phi) is 5.09. The lowest BCUT2D eigenvalue weighted by molar-refractivity contribution is 0.627. The molecule has 0 aliphatic heterocycles. The van der Waals surface area contributed by atoms with E-state index in [1.165, 1.54) is 11.1 Å². The van der Waals surface area contributed by atoms with Gasteiger partial charge in [-0.05, 0) is 38.7 Å². The average Bonchev–Trinajstić information content (AvgIpc) is 2.44. The van der Waals surface area contributed by atoms with E-state index >= 15 is 0 Å². The van der Waals surface area contributed by atoms with Gasteiger partial charge in [0.1, 0.15) is 5.82 Å². The predicted octanol–water partition coefficient (Wildman–Crippen LogP) is 2.89. The van der Waals surface area contributed by atoms with Crippen LogP contribution in [-0.4, -0.2) is 21.0 Å². The molecule has 0 saturated carbocycles. The van der Waals surface area contributed by atoms with E-state index in [2.05, 4.69) is 58.4 Å².